The van der Waals surface area contributed by atoms with Gasteiger partial charge in [-0.25, -0.2) is 0 Å². The molecule has 2 fully saturated rings. The van der Waals surface area contributed by atoms with Crippen LogP contribution in [0.4, 0.5) is 11.5 Å². The first-order chi connectivity index (χ1) is 9.29. The van der Waals surface area contributed by atoms with E-state index in [9.17, 15) is 0 Å². The van der Waals surface area contributed by atoms with Gasteiger partial charge in [-0.15, -0.1) is 0 Å². The highest BCUT2D eigenvalue weighted by Gasteiger charge is 2.33. The van der Waals surface area contributed by atoms with E-state index in [1.807, 2.05) is 12.1 Å². The molecule has 0 amide bonds. The fourth-order valence-corrected chi connectivity index (χ4v) is 3.67. The molecule has 1 saturated carbocycles. The minimum Gasteiger partial charge on any atom is -0.479 e. The second kappa shape index (κ2) is 5.27. The minimum atomic E-state index is 0.551. The van der Waals surface area contributed by atoms with Crippen molar-refractivity contribution in [3.63, 3.8) is 0 Å². The maximum atomic E-state index is 5.86. The second-order valence-electron chi connectivity index (χ2n) is 5.72. The molecule has 1 aliphatic heterocycles. The molecular formula is C15H23N3O. The maximum absolute atomic E-state index is 5.86. The van der Waals surface area contributed by atoms with E-state index in [0.717, 1.165) is 18.3 Å². The van der Waals surface area contributed by atoms with E-state index in [2.05, 4.69) is 9.88 Å². The number of hydrogen-bond donors (Lipinski definition) is 1. The van der Waals surface area contributed by atoms with E-state index >= 15 is 0 Å². The summed E-state index contributed by atoms with van der Waals surface area (Å²) < 4.78 is 5.25. The molecule has 1 aliphatic carbocycles. The number of aromatic nitrogens is 1. The van der Waals surface area contributed by atoms with E-state index < -0.39 is 0 Å². The van der Waals surface area contributed by atoms with Crippen LogP contribution in [0.3, 0.4) is 0 Å². The predicted octanol–water partition coefficient (Wildman–Crippen LogP) is 2.83. The molecule has 0 unspecified atom stereocenters. The van der Waals surface area contributed by atoms with Crippen LogP contribution < -0.4 is 15.4 Å². The van der Waals surface area contributed by atoms with Gasteiger partial charge in [0.05, 0.1) is 12.8 Å². The molecule has 2 N–H and O–H groups in total. The van der Waals surface area contributed by atoms with Crippen molar-refractivity contribution in [1.82, 2.24) is 4.98 Å². The number of anilines is 2. The first-order valence-electron chi connectivity index (χ1n) is 7.37. The lowest BCUT2D eigenvalue weighted by Gasteiger charge is -2.44. The Hall–Kier alpha value is -1.45. The van der Waals surface area contributed by atoms with E-state index in [4.69, 9.17) is 10.5 Å². The number of nitrogens with two attached hydrogens (primary N) is 1. The van der Waals surface area contributed by atoms with Crippen LogP contribution in [0.15, 0.2) is 12.1 Å². The molecule has 2 aliphatic rings. The number of ether oxygens (including phenoxy) is 1. The molecule has 0 aromatic carbocycles. The van der Waals surface area contributed by atoms with Crippen molar-refractivity contribution in [1.29, 1.82) is 0 Å². The van der Waals surface area contributed by atoms with E-state index in [1.54, 1.807) is 7.11 Å². The molecule has 0 bridgehead atoms. The number of fused-ring (bicyclic) bond motifs is 1. The summed E-state index contributed by atoms with van der Waals surface area (Å²) in [6.45, 7) is 1.11. The summed E-state index contributed by atoms with van der Waals surface area (Å²) in [5.74, 6) is 2.44. The Morgan fingerprint density at radius 2 is 2.00 bits per heavy atom. The molecule has 104 valence electrons. The number of rotatable bonds is 2. The Labute approximate surface area is 115 Å². The molecule has 2 heterocycles. The van der Waals surface area contributed by atoms with Crippen molar-refractivity contribution in [2.24, 2.45) is 5.92 Å². The number of piperidine rings is 1. The van der Waals surface area contributed by atoms with E-state index in [1.165, 1.54) is 38.5 Å². The summed E-state index contributed by atoms with van der Waals surface area (Å²) in [6.07, 6.45) is 8.09. The minimum absolute atomic E-state index is 0.551. The zero-order valence-corrected chi connectivity index (χ0v) is 11.6. The summed E-state index contributed by atoms with van der Waals surface area (Å²) in [5, 5.41) is 0. The molecule has 2 atom stereocenters. The Morgan fingerprint density at radius 3 is 2.84 bits per heavy atom. The molecule has 3 rings (SSSR count). The Bertz CT molecular complexity index is 447. The fraction of sp³-hybridized carbons (Fsp3) is 0.667. The highest BCUT2D eigenvalue weighted by molar-refractivity contribution is 5.55. The lowest BCUT2D eigenvalue weighted by Crippen LogP contribution is -2.47. The van der Waals surface area contributed by atoms with Crippen LogP contribution in [0.1, 0.15) is 38.5 Å². The summed E-state index contributed by atoms with van der Waals surface area (Å²) in [7, 11) is 1.63. The van der Waals surface area contributed by atoms with Crippen molar-refractivity contribution in [3.05, 3.63) is 12.1 Å². The molecule has 0 spiro atoms. The molecule has 4 nitrogen and oxygen atoms in total. The van der Waals surface area contributed by atoms with Gasteiger partial charge in [0.2, 0.25) is 5.88 Å². The Kier molecular flexibility index (Phi) is 3.49. The molecule has 1 aromatic rings. The first-order valence-corrected chi connectivity index (χ1v) is 7.37. The molecule has 19 heavy (non-hydrogen) atoms. The summed E-state index contributed by atoms with van der Waals surface area (Å²) in [6, 6.07) is 4.62. The lowest BCUT2D eigenvalue weighted by molar-refractivity contribution is 0.242. The second-order valence-corrected chi connectivity index (χ2v) is 5.72. The number of hydrogen-bond acceptors (Lipinski definition) is 4. The SMILES string of the molecule is COc1nc(N2CCC[C@H]3CCCC[C@H]32)ccc1N. The van der Waals surface area contributed by atoms with Crippen LogP contribution in [0.25, 0.3) is 0 Å². The summed E-state index contributed by atoms with van der Waals surface area (Å²) in [4.78, 5) is 7.07. The van der Waals surface area contributed by atoms with E-state index in [-0.39, 0.29) is 0 Å². The summed E-state index contributed by atoms with van der Waals surface area (Å²) in [5.41, 5.74) is 6.47. The quantitative estimate of drug-likeness (QED) is 0.889. The predicted molar refractivity (Wildman–Crippen MR) is 77.5 cm³/mol. The van der Waals surface area contributed by atoms with Gasteiger partial charge in [-0.2, -0.15) is 4.98 Å². The van der Waals surface area contributed by atoms with E-state index in [0.29, 0.717) is 17.6 Å². The van der Waals surface area contributed by atoms with Crippen LogP contribution in [0, 0.1) is 5.92 Å². The fourth-order valence-electron chi connectivity index (χ4n) is 3.67. The van der Waals surface area contributed by atoms with Crippen LogP contribution in [0.5, 0.6) is 5.88 Å². The third-order valence-electron chi connectivity index (χ3n) is 4.61. The van der Waals surface area contributed by atoms with Crippen molar-refractivity contribution < 1.29 is 4.74 Å². The third-order valence-corrected chi connectivity index (χ3v) is 4.61. The molecule has 1 saturated heterocycles. The van der Waals surface area contributed by atoms with Gasteiger partial charge in [0.15, 0.2) is 0 Å². The monoisotopic (exact) mass is 261 g/mol. The van der Waals surface area contributed by atoms with Crippen molar-refractivity contribution in [2.45, 2.75) is 44.6 Å². The topological polar surface area (TPSA) is 51.4 Å². The van der Waals surface area contributed by atoms with Crippen LogP contribution in [0.2, 0.25) is 0 Å². The van der Waals surface area contributed by atoms with Gasteiger partial charge in [0.25, 0.3) is 0 Å². The van der Waals surface area contributed by atoms with Gasteiger partial charge in [-0.1, -0.05) is 12.8 Å². The van der Waals surface area contributed by atoms with Crippen molar-refractivity contribution >= 4 is 11.5 Å². The van der Waals surface area contributed by atoms with Crippen molar-refractivity contribution in [3.8, 4) is 5.88 Å². The van der Waals surface area contributed by atoms with Gasteiger partial charge >= 0.3 is 0 Å². The molecule has 4 heteroatoms. The lowest BCUT2D eigenvalue weighted by atomic mass is 9.78. The van der Waals surface area contributed by atoms with Gasteiger partial charge < -0.3 is 15.4 Å². The smallest absolute Gasteiger partial charge is 0.238 e. The van der Waals surface area contributed by atoms with Gasteiger partial charge in [0.1, 0.15) is 5.82 Å². The normalized spacial score (nSPS) is 26.9. The largest absolute Gasteiger partial charge is 0.479 e. The highest BCUT2D eigenvalue weighted by atomic mass is 16.5. The summed E-state index contributed by atoms with van der Waals surface area (Å²) >= 11 is 0. The number of methoxy groups -OCH3 is 1. The van der Waals surface area contributed by atoms with Crippen LogP contribution in [-0.4, -0.2) is 24.7 Å². The maximum Gasteiger partial charge on any atom is 0.238 e. The Balaban J connectivity index is 1.87. The molecule has 0 radical (unpaired) electrons. The average molecular weight is 261 g/mol. The molecule has 1 aromatic heterocycles. The van der Waals surface area contributed by atoms with Gasteiger partial charge in [-0.3, -0.25) is 0 Å². The van der Waals surface area contributed by atoms with Crippen LogP contribution in [-0.2, 0) is 0 Å². The number of nitrogen functional groups attached to an aromatic ring is 1. The first kappa shape index (κ1) is 12.6. The highest BCUT2D eigenvalue weighted by Crippen LogP contribution is 2.37. The van der Waals surface area contributed by atoms with Crippen molar-refractivity contribution in [2.75, 3.05) is 24.3 Å². The standard InChI is InChI=1S/C15H23N3O/c1-19-15-12(16)8-9-14(17-15)18-10-4-6-11-5-2-3-7-13(11)18/h8-9,11,13H,2-7,10,16H2,1H3/t11-,13-/m1/s1. The van der Waals surface area contributed by atoms with Crippen LogP contribution >= 0.6 is 0 Å². The zero-order chi connectivity index (χ0) is 13.2. The number of nitrogens with zero attached hydrogens (tertiary/aromatic N) is 2. The van der Waals surface area contributed by atoms with Gasteiger partial charge in [-0.05, 0) is 43.7 Å². The Morgan fingerprint density at radius 1 is 1.21 bits per heavy atom. The molecular weight excluding hydrogens is 238 g/mol. The average Bonchev–Trinajstić information content (AvgIpc) is 2.47. The third kappa shape index (κ3) is 2.36. The zero-order valence-electron chi connectivity index (χ0n) is 11.6. The number of pyridine rings is 1. The van der Waals surface area contributed by atoms with Gasteiger partial charge in [0, 0.05) is 12.6 Å².